The van der Waals surface area contributed by atoms with Gasteiger partial charge in [0.15, 0.2) is 0 Å². The normalized spacial score (nSPS) is 23.6. The smallest absolute Gasteiger partial charge is 0.309 e. The van der Waals surface area contributed by atoms with Crippen LogP contribution in [-0.2, 0) is 9.53 Å². The molecule has 1 fully saturated rings. The maximum Gasteiger partial charge on any atom is 0.309 e. The predicted molar refractivity (Wildman–Crippen MR) is 58.7 cm³/mol. The van der Waals surface area contributed by atoms with Gasteiger partial charge in [-0.3, -0.25) is 4.79 Å². The van der Waals surface area contributed by atoms with Crippen LogP contribution in [0.4, 0.5) is 0 Å². The number of esters is 1. The van der Waals surface area contributed by atoms with Gasteiger partial charge in [0.2, 0.25) is 0 Å². The van der Waals surface area contributed by atoms with Crippen LogP contribution >= 0.6 is 0 Å². The fourth-order valence-electron chi connectivity index (χ4n) is 1.97. The van der Waals surface area contributed by atoms with Gasteiger partial charge < -0.3 is 4.74 Å². The van der Waals surface area contributed by atoms with E-state index in [0.29, 0.717) is 12.5 Å². The summed E-state index contributed by atoms with van der Waals surface area (Å²) < 4.78 is 5.01. The van der Waals surface area contributed by atoms with E-state index in [1.165, 1.54) is 11.1 Å². The van der Waals surface area contributed by atoms with Gasteiger partial charge in [0.25, 0.3) is 0 Å². The summed E-state index contributed by atoms with van der Waals surface area (Å²) >= 11 is 0. The largest absolute Gasteiger partial charge is 0.466 e. The highest BCUT2D eigenvalue weighted by atomic mass is 16.5. The minimum atomic E-state index is -0.0380. The van der Waals surface area contributed by atoms with Crippen molar-refractivity contribution in [2.24, 2.45) is 5.92 Å². The lowest BCUT2D eigenvalue weighted by Crippen LogP contribution is -2.07. The minimum absolute atomic E-state index is 0.0380. The van der Waals surface area contributed by atoms with Crippen molar-refractivity contribution in [3.05, 3.63) is 35.4 Å². The molecule has 0 heterocycles. The zero-order valence-corrected chi connectivity index (χ0v) is 9.19. The minimum Gasteiger partial charge on any atom is -0.466 e. The van der Waals surface area contributed by atoms with Crippen molar-refractivity contribution < 1.29 is 9.53 Å². The number of aryl methyl sites for hydroxylation is 1. The first-order valence-electron chi connectivity index (χ1n) is 5.45. The lowest BCUT2D eigenvalue weighted by atomic mass is 10.1. The Morgan fingerprint density at radius 1 is 1.53 bits per heavy atom. The first-order valence-corrected chi connectivity index (χ1v) is 5.45. The summed E-state index contributed by atoms with van der Waals surface area (Å²) in [5.41, 5.74) is 2.52. The van der Waals surface area contributed by atoms with E-state index in [2.05, 4.69) is 25.1 Å². The first-order chi connectivity index (χ1) is 7.22. The van der Waals surface area contributed by atoms with E-state index >= 15 is 0 Å². The summed E-state index contributed by atoms with van der Waals surface area (Å²) in [6.45, 7) is 4.41. The highest BCUT2D eigenvalue weighted by Crippen LogP contribution is 2.48. The Balaban J connectivity index is 2.01. The molecule has 0 N–H and O–H groups in total. The third-order valence-electron chi connectivity index (χ3n) is 2.85. The second-order valence-corrected chi connectivity index (χ2v) is 4.11. The Labute approximate surface area is 90.3 Å². The fourth-order valence-corrected chi connectivity index (χ4v) is 1.97. The zero-order valence-electron chi connectivity index (χ0n) is 9.19. The molecule has 80 valence electrons. The van der Waals surface area contributed by atoms with Crippen molar-refractivity contribution in [2.45, 2.75) is 26.2 Å². The second kappa shape index (κ2) is 4.05. The number of rotatable bonds is 3. The standard InChI is InChI=1S/C13H16O2/c1-3-15-13(14)12-8-11(12)10-6-4-5-9(2)7-10/h4-7,11-12H,3,8H2,1-2H3/t11-,12-/m0/s1. The zero-order chi connectivity index (χ0) is 10.8. The molecule has 1 aromatic rings. The van der Waals surface area contributed by atoms with Gasteiger partial charge in [-0.25, -0.2) is 0 Å². The summed E-state index contributed by atoms with van der Waals surface area (Å²) in [6.07, 6.45) is 0.947. The van der Waals surface area contributed by atoms with Gasteiger partial charge >= 0.3 is 5.97 Å². The molecule has 15 heavy (non-hydrogen) atoms. The van der Waals surface area contributed by atoms with Crippen LogP contribution in [0, 0.1) is 12.8 Å². The summed E-state index contributed by atoms with van der Waals surface area (Å²) in [4.78, 5) is 11.5. The molecular weight excluding hydrogens is 188 g/mol. The van der Waals surface area contributed by atoms with E-state index in [1.807, 2.05) is 13.0 Å². The van der Waals surface area contributed by atoms with E-state index < -0.39 is 0 Å². The molecule has 0 amide bonds. The number of ether oxygens (including phenoxy) is 1. The van der Waals surface area contributed by atoms with Crippen molar-refractivity contribution >= 4 is 5.97 Å². The topological polar surface area (TPSA) is 26.3 Å². The van der Waals surface area contributed by atoms with Crippen molar-refractivity contribution in [3.8, 4) is 0 Å². The number of hydrogen-bond acceptors (Lipinski definition) is 2. The molecule has 2 nitrogen and oxygen atoms in total. The lowest BCUT2D eigenvalue weighted by Gasteiger charge is -2.02. The van der Waals surface area contributed by atoms with Gasteiger partial charge in [0, 0.05) is 0 Å². The Kier molecular flexibility index (Phi) is 2.76. The fraction of sp³-hybridized carbons (Fsp3) is 0.462. The summed E-state index contributed by atoms with van der Waals surface area (Å²) in [6, 6.07) is 8.37. The van der Waals surface area contributed by atoms with E-state index in [1.54, 1.807) is 0 Å². The maximum atomic E-state index is 11.5. The molecule has 2 rings (SSSR count). The molecule has 2 heteroatoms. The van der Waals surface area contributed by atoms with Crippen LogP contribution in [0.3, 0.4) is 0 Å². The Hall–Kier alpha value is -1.31. The summed E-state index contributed by atoms with van der Waals surface area (Å²) in [7, 11) is 0. The van der Waals surface area contributed by atoms with Crippen LogP contribution in [0.25, 0.3) is 0 Å². The quantitative estimate of drug-likeness (QED) is 0.707. The average Bonchev–Trinajstić information content (AvgIpc) is 2.97. The average molecular weight is 204 g/mol. The van der Waals surface area contributed by atoms with Crippen LogP contribution in [0.5, 0.6) is 0 Å². The Morgan fingerprint density at radius 2 is 2.33 bits per heavy atom. The number of benzene rings is 1. The molecule has 0 saturated heterocycles. The van der Waals surface area contributed by atoms with Crippen LogP contribution in [-0.4, -0.2) is 12.6 Å². The van der Waals surface area contributed by atoms with Gasteiger partial charge in [-0.2, -0.15) is 0 Å². The number of carbonyl (C=O) groups excluding carboxylic acids is 1. The Morgan fingerprint density at radius 3 is 3.00 bits per heavy atom. The SMILES string of the molecule is CCOC(=O)[C@H]1C[C@H]1c1cccc(C)c1. The monoisotopic (exact) mass is 204 g/mol. The molecule has 0 aliphatic heterocycles. The molecule has 2 atom stereocenters. The number of hydrogen-bond donors (Lipinski definition) is 0. The highest BCUT2D eigenvalue weighted by Gasteiger charge is 2.44. The Bertz CT molecular complexity index is 371. The molecule has 1 aliphatic rings. The highest BCUT2D eigenvalue weighted by molar-refractivity contribution is 5.77. The van der Waals surface area contributed by atoms with Gasteiger partial charge in [0.05, 0.1) is 12.5 Å². The predicted octanol–water partition coefficient (Wildman–Crippen LogP) is 2.66. The molecular formula is C13H16O2. The van der Waals surface area contributed by atoms with E-state index in [4.69, 9.17) is 4.74 Å². The molecule has 0 spiro atoms. The molecule has 0 aromatic heterocycles. The molecule has 0 unspecified atom stereocenters. The van der Waals surface area contributed by atoms with Crippen molar-refractivity contribution in [1.82, 2.24) is 0 Å². The molecule has 1 aliphatic carbocycles. The van der Waals surface area contributed by atoms with Gasteiger partial charge in [-0.15, -0.1) is 0 Å². The first kappa shape index (κ1) is 10.2. The van der Waals surface area contributed by atoms with Crippen LogP contribution < -0.4 is 0 Å². The summed E-state index contributed by atoms with van der Waals surface area (Å²) in [5, 5.41) is 0. The third kappa shape index (κ3) is 2.20. The lowest BCUT2D eigenvalue weighted by molar-refractivity contribution is -0.144. The number of carbonyl (C=O) groups is 1. The van der Waals surface area contributed by atoms with Crippen LogP contribution in [0.15, 0.2) is 24.3 Å². The molecule has 1 saturated carbocycles. The van der Waals surface area contributed by atoms with E-state index in [9.17, 15) is 4.79 Å². The van der Waals surface area contributed by atoms with Crippen LogP contribution in [0.1, 0.15) is 30.4 Å². The van der Waals surface area contributed by atoms with Gasteiger partial charge in [-0.1, -0.05) is 29.8 Å². The van der Waals surface area contributed by atoms with Gasteiger partial charge in [0.1, 0.15) is 0 Å². The molecule has 0 radical (unpaired) electrons. The summed E-state index contributed by atoms with van der Waals surface area (Å²) in [5.74, 6) is 0.458. The molecule has 1 aromatic carbocycles. The van der Waals surface area contributed by atoms with E-state index in [-0.39, 0.29) is 11.9 Å². The maximum absolute atomic E-state index is 11.5. The van der Waals surface area contributed by atoms with Crippen LogP contribution in [0.2, 0.25) is 0 Å². The van der Waals surface area contributed by atoms with Crippen molar-refractivity contribution in [2.75, 3.05) is 6.61 Å². The van der Waals surface area contributed by atoms with Gasteiger partial charge in [-0.05, 0) is 31.7 Å². The van der Waals surface area contributed by atoms with E-state index in [0.717, 1.165) is 6.42 Å². The molecule has 0 bridgehead atoms. The third-order valence-corrected chi connectivity index (χ3v) is 2.85. The van der Waals surface area contributed by atoms with Crippen molar-refractivity contribution in [1.29, 1.82) is 0 Å². The van der Waals surface area contributed by atoms with Crippen molar-refractivity contribution in [3.63, 3.8) is 0 Å². The second-order valence-electron chi connectivity index (χ2n) is 4.11.